The monoisotopic (exact) mass is 304 g/mol. The first-order valence-electron chi connectivity index (χ1n) is 8.13. The Hall–Kier alpha value is -1.26. The fraction of sp³-hybridized carbons (Fsp3) is 0.684. The summed E-state index contributed by atoms with van der Waals surface area (Å²) >= 11 is 0. The molecule has 3 heteroatoms. The summed E-state index contributed by atoms with van der Waals surface area (Å²) in [6, 6.07) is 0. The van der Waals surface area contributed by atoms with Crippen LogP contribution in [0.5, 0.6) is 0 Å². The molecule has 0 aromatic rings. The lowest BCUT2D eigenvalue weighted by Gasteiger charge is -2.16. The molecule has 0 aromatic heterocycles. The highest BCUT2D eigenvalue weighted by Gasteiger charge is 2.40. The van der Waals surface area contributed by atoms with Crippen LogP contribution in [-0.2, 0) is 9.47 Å². The minimum Gasteiger partial charge on any atom is -0.377 e. The average Bonchev–Trinajstić information content (AvgIpc) is 2.77. The molecule has 1 saturated heterocycles. The Balaban J connectivity index is 2.48. The van der Waals surface area contributed by atoms with Gasteiger partial charge in [0.25, 0.3) is 0 Å². The first kappa shape index (κ1) is 18.8. The summed E-state index contributed by atoms with van der Waals surface area (Å²) in [4.78, 5) is 0. The van der Waals surface area contributed by atoms with Crippen molar-refractivity contribution in [3.63, 3.8) is 0 Å². The first-order valence-corrected chi connectivity index (χ1v) is 8.13. The van der Waals surface area contributed by atoms with Crippen LogP contribution in [0.4, 0.5) is 0 Å². The normalized spacial score (nSPS) is 23.8. The van der Waals surface area contributed by atoms with Gasteiger partial charge >= 0.3 is 0 Å². The van der Waals surface area contributed by atoms with Crippen molar-refractivity contribution in [2.45, 2.75) is 83.4 Å². The smallest absolute Gasteiger partial charge is 0.163 e. The van der Waals surface area contributed by atoms with Gasteiger partial charge in [0.15, 0.2) is 5.79 Å². The summed E-state index contributed by atoms with van der Waals surface area (Å²) in [5.74, 6) is 10.4. The van der Waals surface area contributed by atoms with Crippen LogP contribution in [0.3, 0.4) is 0 Å². The predicted molar refractivity (Wildman–Crippen MR) is 89.0 cm³/mol. The lowest BCUT2D eigenvalue weighted by atomic mass is 10.0. The minimum atomic E-state index is -0.814. The Morgan fingerprint density at radius 1 is 1.18 bits per heavy atom. The number of aliphatic hydroxyl groups excluding tert-OH is 1. The third-order valence-corrected chi connectivity index (χ3v) is 3.52. The van der Waals surface area contributed by atoms with E-state index in [0.29, 0.717) is 6.42 Å². The molecule has 0 saturated carbocycles. The van der Waals surface area contributed by atoms with E-state index in [1.54, 1.807) is 0 Å². The van der Waals surface area contributed by atoms with Crippen molar-refractivity contribution in [1.82, 2.24) is 0 Å². The van der Waals surface area contributed by atoms with Crippen LogP contribution in [0.15, 0.2) is 12.7 Å². The van der Waals surface area contributed by atoms with Crippen molar-refractivity contribution in [2.75, 3.05) is 0 Å². The van der Waals surface area contributed by atoms with Gasteiger partial charge in [-0.15, -0.1) is 0 Å². The van der Waals surface area contributed by atoms with Gasteiger partial charge in [-0.05, 0) is 32.1 Å². The number of aliphatic hydroxyl groups is 1. The van der Waals surface area contributed by atoms with Gasteiger partial charge in [0.1, 0.15) is 6.10 Å². The number of unbranched alkanes of at least 4 members (excludes halogenated alkanes) is 3. The maximum atomic E-state index is 9.22. The van der Waals surface area contributed by atoms with Crippen LogP contribution in [0, 0.1) is 23.7 Å². The second-order valence-corrected chi connectivity index (χ2v) is 6.02. The molecule has 1 fully saturated rings. The molecule has 0 bridgehead atoms. The van der Waals surface area contributed by atoms with Crippen molar-refractivity contribution in [3.05, 3.63) is 12.7 Å². The Kier molecular flexibility index (Phi) is 8.28. The Bertz CT molecular complexity index is 459. The van der Waals surface area contributed by atoms with Crippen molar-refractivity contribution in [1.29, 1.82) is 0 Å². The zero-order valence-electron chi connectivity index (χ0n) is 14.0. The van der Waals surface area contributed by atoms with E-state index in [-0.39, 0.29) is 12.2 Å². The highest BCUT2D eigenvalue weighted by molar-refractivity contribution is 5.28. The highest BCUT2D eigenvalue weighted by atomic mass is 16.7. The third-order valence-electron chi connectivity index (χ3n) is 3.52. The molecule has 0 aliphatic carbocycles. The van der Waals surface area contributed by atoms with E-state index in [1.165, 1.54) is 25.3 Å². The summed E-state index contributed by atoms with van der Waals surface area (Å²) < 4.78 is 11.9. The molecule has 122 valence electrons. The Labute approximate surface area is 135 Å². The van der Waals surface area contributed by atoms with E-state index in [9.17, 15) is 5.11 Å². The molecule has 0 aromatic carbocycles. The molecular weight excluding hydrogens is 276 g/mol. The van der Waals surface area contributed by atoms with Gasteiger partial charge in [0.05, 0.1) is 12.2 Å². The summed E-state index contributed by atoms with van der Waals surface area (Å²) in [6.45, 7) is 9.55. The number of ether oxygens (including phenoxy) is 2. The van der Waals surface area contributed by atoms with Gasteiger partial charge in [-0.2, -0.15) is 0 Å². The average molecular weight is 304 g/mol. The zero-order valence-corrected chi connectivity index (χ0v) is 14.0. The fourth-order valence-corrected chi connectivity index (χ4v) is 2.46. The summed E-state index contributed by atoms with van der Waals surface area (Å²) in [5, 5.41) is 9.22. The predicted octanol–water partition coefficient (Wildman–Crippen LogP) is 3.42. The van der Waals surface area contributed by atoms with E-state index < -0.39 is 11.9 Å². The minimum absolute atomic E-state index is 0.00439. The molecule has 3 nitrogen and oxygen atoms in total. The second kappa shape index (κ2) is 9.70. The Morgan fingerprint density at radius 3 is 2.59 bits per heavy atom. The molecule has 0 spiro atoms. The topological polar surface area (TPSA) is 38.7 Å². The van der Waals surface area contributed by atoms with Crippen molar-refractivity contribution in [3.8, 4) is 23.7 Å². The molecule has 1 N–H and O–H groups in total. The van der Waals surface area contributed by atoms with Crippen molar-refractivity contribution >= 4 is 0 Å². The van der Waals surface area contributed by atoms with Crippen LogP contribution in [-0.4, -0.2) is 29.2 Å². The largest absolute Gasteiger partial charge is 0.377 e. The fourth-order valence-electron chi connectivity index (χ4n) is 2.46. The molecule has 3 atom stereocenters. The van der Waals surface area contributed by atoms with Crippen LogP contribution >= 0.6 is 0 Å². The van der Waals surface area contributed by atoms with E-state index in [2.05, 4.69) is 37.2 Å². The van der Waals surface area contributed by atoms with Crippen LogP contribution < -0.4 is 0 Å². The summed E-state index contributed by atoms with van der Waals surface area (Å²) in [6.07, 6.45) is 7.16. The second-order valence-electron chi connectivity index (χ2n) is 6.02. The lowest BCUT2D eigenvalue weighted by molar-refractivity contribution is -0.146. The number of hydrogen-bond donors (Lipinski definition) is 1. The standard InChI is InChI=1S/C19H28O3/c1-5-7-8-11-14-17-18(22-19(3,4)21-17)15-12-9-10-13-16(20)6-2/h6,16-18,20H,2,5,7-8,11,14-15H2,1,3-4H3/t16-,17-,18-/m0/s1. The van der Waals surface area contributed by atoms with E-state index >= 15 is 0 Å². The van der Waals surface area contributed by atoms with Gasteiger partial charge in [-0.1, -0.05) is 57.1 Å². The van der Waals surface area contributed by atoms with Crippen LogP contribution in [0.1, 0.15) is 59.3 Å². The molecule has 0 unspecified atom stereocenters. The molecule has 1 heterocycles. The summed E-state index contributed by atoms with van der Waals surface area (Å²) in [7, 11) is 0. The SMILES string of the molecule is C=C[C@H](O)C#CC#CC[C@@H]1OC(C)(C)O[C@H]1CCCCCC. The molecule has 0 amide bonds. The third kappa shape index (κ3) is 7.14. The summed E-state index contributed by atoms with van der Waals surface area (Å²) in [5.41, 5.74) is 0. The molecule has 0 radical (unpaired) electrons. The molecule has 1 aliphatic rings. The number of hydrogen-bond acceptors (Lipinski definition) is 3. The first-order chi connectivity index (χ1) is 10.5. The molecular formula is C19H28O3. The Morgan fingerprint density at radius 2 is 1.91 bits per heavy atom. The van der Waals surface area contributed by atoms with Gasteiger partial charge in [-0.25, -0.2) is 0 Å². The lowest BCUT2D eigenvalue weighted by Crippen LogP contribution is -2.21. The molecule has 22 heavy (non-hydrogen) atoms. The zero-order chi connectivity index (χ0) is 16.4. The molecule has 1 rings (SSSR count). The van der Waals surface area contributed by atoms with Crippen LogP contribution in [0.2, 0.25) is 0 Å². The van der Waals surface area contributed by atoms with Gasteiger partial charge in [0.2, 0.25) is 0 Å². The van der Waals surface area contributed by atoms with Crippen molar-refractivity contribution in [2.24, 2.45) is 0 Å². The van der Waals surface area contributed by atoms with E-state index in [0.717, 1.165) is 12.8 Å². The van der Waals surface area contributed by atoms with Gasteiger partial charge < -0.3 is 14.6 Å². The van der Waals surface area contributed by atoms with E-state index in [4.69, 9.17) is 9.47 Å². The van der Waals surface area contributed by atoms with Gasteiger partial charge in [-0.3, -0.25) is 0 Å². The maximum Gasteiger partial charge on any atom is 0.163 e. The van der Waals surface area contributed by atoms with Gasteiger partial charge in [0, 0.05) is 6.42 Å². The maximum absolute atomic E-state index is 9.22. The quantitative estimate of drug-likeness (QED) is 0.445. The van der Waals surface area contributed by atoms with E-state index in [1.807, 2.05) is 13.8 Å². The number of rotatable bonds is 7. The molecule has 1 aliphatic heterocycles. The van der Waals surface area contributed by atoms with Crippen molar-refractivity contribution < 1.29 is 14.6 Å². The van der Waals surface area contributed by atoms with Crippen LogP contribution in [0.25, 0.3) is 0 Å². The highest BCUT2D eigenvalue weighted by Crippen LogP contribution is 2.32.